The van der Waals surface area contributed by atoms with Crippen molar-refractivity contribution in [3.8, 4) is 11.5 Å². The van der Waals surface area contributed by atoms with E-state index in [2.05, 4.69) is 10.3 Å². The van der Waals surface area contributed by atoms with E-state index in [0.29, 0.717) is 35.1 Å². The summed E-state index contributed by atoms with van der Waals surface area (Å²) >= 11 is 6.79. The number of nitrogens with zero attached hydrogens (tertiary/aromatic N) is 4. The fourth-order valence-electron chi connectivity index (χ4n) is 5.87. The van der Waals surface area contributed by atoms with Gasteiger partial charge in [0.2, 0.25) is 0 Å². The second kappa shape index (κ2) is 11.8. The minimum absolute atomic E-state index is 0.0150. The Morgan fingerprint density at radius 2 is 1.91 bits per heavy atom. The number of ether oxygens (including phenoxy) is 2. The van der Waals surface area contributed by atoms with Gasteiger partial charge in [0.05, 0.1) is 25.2 Å². The quantitative estimate of drug-likeness (QED) is 0.271. The molecule has 226 valence electrons. The van der Waals surface area contributed by atoms with Gasteiger partial charge in [-0.2, -0.15) is 12.7 Å². The number of fused-ring (bicyclic) bond motifs is 5. The molecule has 0 fully saturated rings. The summed E-state index contributed by atoms with van der Waals surface area (Å²) in [5.74, 6) is 0.206. The van der Waals surface area contributed by atoms with Gasteiger partial charge >= 0.3 is 16.3 Å². The highest BCUT2D eigenvalue weighted by Gasteiger charge is 2.33. The van der Waals surface area contributed by atoms with Crippen LogP contribution in [-0.4, -0.2) is 46.9 Å². The van der Waals surface area contributed by atoms with E-state index in [4.69, 9.17) is 25.3 Å². The molecule has 2 unspecified atom stereocenters. The molecule has 0 spiro atoms. The highest BCUT2D eigenvalue weighted by Crippen LogP contribution is 2.38. The van der Waals surface area contributed by atoms with Crippen LogP contribution < -0.4 is 8.92 Å². The second-order valence-electron chi connectivity index (χ2n) is 11.0. The zero-order chi connectivity index (χ0) is 30.3. The average molecular weight is 625 g/mol. The van der Waals surface area contributed by atoms with E-state index in [-0.39, 0.29) is 43.8 Å². The minimum Gasteiger partial charge on any atom is -0.494 e. The van der Waals surface area contributed by atoms with Gasteiger partial charge in [-0.25, -0.2) is 4.68 Å². The maximum Gasteiger partial charge on any atom is 0.385 e. The molecule has 3 aliphatic heterocycles. The molecule has 1 aromatic heterocycles. The van der Waals surface area contributed by atoms with Gasteiger partial charge in [0.1, 0.15) is 17.0 Å². The monoisotopic (exact) mass is 624 g/mol. The highest BCUT2D eigenvalue weighted by molar-refractivity contribution is 7.84. The normalized spacial score (nSPS) is 19.6. The van der Waals surface area contributed by atoms with E-state index in [9.17, 15) is 13.2 Å². The van der Waals surface area contributed by atoms with Crippen LogP contribution in [0.15, 0.2) is 42.5 Å². The van der Waals surface area contributed by atoms with Gasteiger partial charge in [-0.1, -0.05) is 35.0 Å². The molecule has 4 aromatic rings. The molecule has 9 bridgehead atoms. The SMILES string of the molecule is CCOC(=O)CC1c2cc(C)c(Cl)c(c2)CN2Cc3cc(ccc3OS2(=O)=O)OCCCCn2nnc3c(C)c1ccc32. The van der Waals surface area contributed by atoms with Gasteiger partial charge in [0.15, 0.2) is 0 Å². The molecule has 43 heavy (non-hydrogen) atoms. The number of esters is 1. The van der Waals surface area contributed by atoms with E-state index in [1.807, 2.05) is 48.9 Å². The summed E-state index contributed by atoms with van der Waals surface area (Å²) in [6.07, 6.45) is 1.72. The Morgan fingerprint density at radius 3 is 2.72 bits per heavy atom. The van der Waals surface area contributed by atoms with Gasteiger partial charge < -0.3 is 13.7 Å². The van der Waals surface area contributed by atoms with Crippen molar-refractivity contribution in [3.63, 3.8) is 0 Å². The minimum atomic E-state index is -4.09. The molecule has 0 aliphatic carbocycles. The average Bonchev–Trinajstić information content (AvgIpc) is 3.38. The molecule has 0 N–H and O–H groups in total. The van der Waals surface area contributed by atoms with E-state index in [0.717, 1.165) is 46.1 Å². The van der Waals surface area contributed by atoms with E-state index >= 15 is 0 Å². The van der Waals surface area contributed by atoms with Crippen LogP contribution in [0, 0.1) is 13.8 Å². The standard InChI is InChI=1S/C31H33ClN4O6S/c1-4-40-29(37)16-26-21-13-19(2)30(32)23(14-21)18-35-17-22-15-24(7-10-28(22)42-43(35,38)39)41-12-6-5-11-36-27-9-8-25(26)20(3)31(27)33-34-36/h7-10,13-15,26H,4-6,11-12,16-18H2,1-3H3. The lowest BCUT2D eigenvalue weighted by Gasteiger charge is -2.29. The Bertz CT molecular complexity index is 1820. The number of aromatic nitrogens is 3. The first-order valence-electron chi connectivity index (χ1n) is 14.4. The summed E-state index contributed by atoms with van der Waals surface area (Å²) in [5.41, 5.74) is 6.41. The Labute approximate surface area is 255 Å². The van der Waals surface area contributed by atoms with Crippen LogP contribution in [0.5, 0.6) is 11.5 Å². The van der Waals surface area contributed by atoms with Crippen LogP contribution in [0.1, 0.15) is 65.5 Å². The third-order valence-electron chi connectivity index (χ3n) is 8.06. The van der Waals surface area contributed by atoms with Crippen LogP contribution >= 0.6 is 11.6 Å². The number of benzene rings is 3. The summed E-state index contributed by atoms with van der Waals surface area (Å²) in [5, 5.41) is 9.38. The molecule has 12 heteroatoms. The molecule has 0 saturated heterocycles. The molecule has 3 aliphatic rings. The Morgan fingerprint density at radius 1 is 1.09 bits per heavy atom. The topological polar surface area (TPSA) is 113 Å². The number of aryl methyl sites for hydroxylation is 3. The van der Waals surface area contributed by atoms with Crippen molar-refractivity contribution in [1.82, 2.24) is 19.3 Å². The van der Waals surface area contributed by atoms with Crippen LogP contribution in [-0.2, 0) is 39.5 Å². The first-order valence-corrected chi connectivity index (χ1v) is 16.1. The molecular formula is C31H33ClN4O6S. The Kier molecular flexibility index (Phi) is 8.06. The zero-order valence-electron chi connectivity index (χ0n) is 24.3. The largest absolute Gasteiger partial charge is 0.494 e. The predicted molar refractivity (Wildman–Crippen MR) is 162 cm³/mol. The third-order valence-corrected chi connectivity index (χ3v) is 9.88. The van der Waals surface area contributed by atoms with Crippen LogP contribution in [0.4, 0.5) is 0 Å². The molecule has 7 rings (SSSR count). The smallest absolute Gasteiger partial charge is 0.385 e. The lowest BCUT2D eigenvalue weighted by Crippen LogP contribution is -2.37. The van der Waals surface area contributed by atoms with Gasteiger partial charge in [-0.05, 0) is 85.7 Å². The van der Waals surface area contributed by atoms with Gasteiger partial charge in [0, 0.05) is 36.1 Å². The summed E-state index contributed by atoms with van der Waals surface area (Å²) < 4.78 is 46.4. The molecule has 4 heterocycles. The van der Waals surface area contributed by atoms with Gasteiger partial charge in [-0.15, -0.1) is 5.10 Å². The molecule has 0 amide bonds. The highest BCUT2D eigenvalue weighted by atomic mass is 35.5. The fourth-order valence-corrected chi connectivity index (χ4v) is 7.13. The third kappa shape index (κ3) is 5.81. The lowest BCUT2D eigenvalue weighted by atomic mass is 9.84. The molecule has 0 radical (unpaired) electrons. The number of halogens is 1. The maximum atomic E-state index is 13.2. The number of hydrogen-bond donors (Lipinski definition) is 0. The maximum absolute atomic E-state index is 13.2. The lowest BCUT2D eigenvalue weighted by molar-refractivity contribution is -0.143. The van der Waals surface area contributed by atoms with Gasteiger partial charge in [0.25, 0.3) is 0 Å². The van der Waals surface area contributed by atoms with Crippen molar-refractivity contribution in [2.45, 2.75) is 65.6 Å². The molecule has 10 nitrogen and oxygen atoms in total. The van der Waals surface area contributed by atoms with Crippen LogP contribution in [0.2, 0.25) is 5.02 Å². The summed E-state index contributed by atoms with van der Waals surface area (Å²) in [6, 6.07) is 13.0. The summed E-state index contributed by atoms with van der Waals surface area (Å²) in [7, 11) is -4.09. The van der Waals surface area contributed by atoms with Crippen LogP contribution in [0.25, 0.3) is 11.0 Å². The zero-order valence-corrected chi connectivity index (χ0v) is 25.9. The van der Waals surface area contributed by atoms with Crippen molar-refractivity contribution in [2.75, 3.05) is 13.2 Å². The van der Waals surface area contributed by atoms with E-state index < -0.39 is 10.3 Å². The summed E-state index contributed by atoms with van der Waals surface area (Å²) in [6.45, 7) is 7.16. The van der Waals surface area contributed by atoms with Crippen molar-refractivity contribution >= 4 is 38.9 Å². The first kappa shape index (κ1) is 29.4. The van der Waals surface area contributed by atoms with Crippen molar-refractivity contribution < 1.29 is 26.9 Å². The van der Waals surface area contributed by atoms with Gasteiger partial charge in [-0.3, -0.25) is 4.79 Å². The second-order valence-corrected chi connectivity index (χ2v) is 12.9. The number of hydrogen-bond acceptors (Lipinski definition) is 8. The summed E-state index contributed by atoms with van der Waals surface area (Å²) in [4.78, 5) is 12.9. The number of carbonyl (C=O) groups is 1. The Balaban J connectivity index is 1.49. The van der Waals surface area contributed by atoms with Crippen LogP contribution in [0.3, 0.4) is 0 Å². The Hall–Kier alpha value is -3.67. The molecule has 0 saturated carbocycles. The van der Waals surface area contributed by atoms with Crippen molar-refractivity contribution in [2.24, 2.45) is 0 Å². The number of rotatable bonds is 3. The van der Waals surface area contributed by atoms with E-state index in [1.54, 1.807) is 19.1 Å². The van der Waals surface area contributed by atoms with Crippen molar-refractivity contribution in [1.29, 1.82) is 0 Å². The molecule has 2 atom stereocenters. The fraction of sp³-hybridized carbons (Fsp3) is 0.387. The van der Waals surface area contributed by atoms with E-state index in [1.165, 1.54) is 4.31 Å². The predicted octanol–water partition coefficient (Wildman–Crippen LogP) is 5.60. The first-order chi connectivity index (χ1) is 20.6. The molecule has 3 aromatic carbocycles. The van der Waals surface area contributed by atoms with Crippen molar-refractivity contribution in [3.05, 3.63) is 80.9 Å². The number of carbonyl (C=O) groups excluding carboxylic acids is 1. The molecular weight excluding hydrogens is 592 g/mol.